The molecule has 0 spiro atoms. The van der Waals surface area contributed by atoms with Crippen LogP contribution >= 0.6 is 0 Å². The third-order valence-electron chi connectivity index (χ3n) is 10.2. The zero-order chi connectivity index (χ0) is 28.8. The molecule has 1 aromatic heterocycles. The molecule has 212 valence electrons. The van der Waals surface area contributed by atoms with Crippen molar-refractivity contribution in [3.63, 3.8) is 0 Å². The van der Waals surface area contributed by atoms with Gasteiger partial charge in [0.1, 0.15) is 0 Å². The predicted octanol–water partition coefficient (Wildman–Crippen LogP) is 9.68. The Bertz CT molecular complexity index is 1990. The van der Waals surface area contributed by atoms with Crippen molar-refractivity contribution in [3.05, 3.63) is 136 Å². The van der Waals surface area contributed by atoms with Gasteiger partial charge in [0.25, 0.3) is 0 Å². The Kier molecular flexibility index (Phi) is 6.83. The van der Waals surface area contributed by atoms with Crippen molar-refractivity contribution in [1.82, 2.24) is 4.98 Å². The molecule has 43 heavy (non-hydrogen) atoms. The van der Waals surface area contributed by atoms with Crippen LogP contribution in [-0.2, 0) is 0 Å². The van der Waals surface area contributed by atoms with E-state index in [1.54, 1.807) is 5.57 Å². The van der Waals surface area contributed by atoms with E-state index in [4.69, 9.17) is 4.98 Å². The molecule has 5 aromatic rings. The number of aromatic nitrogens is 1. The van der Waals surface area contributed by atoms with Crippen LogP contribution in [0, 0.1) is 12.8 Å². The van der Waals surface area contributed by atoms with E-state index >= 15 is 0 Å². The second-order valence-electron chi connectivity index (χ2n) is 12.8. The average molecular weight is 558 g/mol. The molecule has 0 bridgehead atoms. The topological polar surface area (TPSA) is 12.9 Å². The van der Waals surface area contributed by atoms with E-state index in [2.05, 4.69) is 104 Å². The van der Waals surface area contributed by atoms with E-state index in [0.29, 0.717) is 0 Å². The van der Waals surface area contributed by atoms with E-state index in [1.807, 2.05) is 6.20 Å². The number of pyridine rings is 1. The molecule has 0 amide bonds. The Morgan fingerprint density at radius 3 is 1.95 bits per heavy atom. The van der Waals surface area contributed by atoms with E-state index in [1.165, 1.54) is 104 Å². The summed E-state index contributed by atoms with van der Waals surface area (Å²) >= 11 is 0. The van der Waals surface area contributed by atoms with E-state index < -0.39 is 0 Å². The molecule has 1 heteroatoms. The minimum atomic E-state index is 0.760. The highest BCUT2D eigenvalue weighted by atomic mass is 14.7. The fourth-order valence-corrected chi connectivity index (χ4v) is 8.21. The van der Waals surface area contributed by atoms with Crippen molar-refractivity contribution >= 4 is 43.8 Å². The Morgan fingerprint density at radius 2 is 1.28 bits per heavy atom. The monoisotopic (exact) mass is 557 g/mol. The van der Waals surface area contributed by atoms with Gasteiger partial charge in [-0.3, -0.25) is 4.98 Å². The lowest BCUT2D eigenvalue weighted by molar-refractivity contribution is 0.421. The number of aryl methyl sites for hydroxylation is 1. The summed E-state index contributed by atoms with van der Waals surface area (Å²) in [6, 6.07) is 32.0. The summed E-state index contributed by atoms with van der Waals surface area (Å²) in [6.45, 7) is 2.10. The lowest BCUT2D eigenvalue weighted by Crippen LogP contribution is -2.35. The van der Waals surface area contributed by atoms with Crippen molar-refractivity contribution < 1.29 is 0 Å². The summed E-state index contributed by atoms with van der Waals surface area (Å²) in [4.78, 5) is 4.77. The maximum absolute atomic E-state index is 4.77. The summed E-state index contributed by atoms with van der Waals surface area (Å²) in [7, 11) is 0. The molecule has 4 aromatic carbocycles. The number of hydrogen-bond donors (Lipinski definition) is 0. The summed E-state index contributed by atoms with van der Waals surface area (Å²) in [6.07, 6.45) is 18.0. The summed E-state index contributed by atoms with van der Waals surface area (Å²) in [5.74, 6) is 0.760. The number of rotatable bonds is 4. The van der Waals surface area contributed by atoms with Gasteiger partial charge in [-0.15, -0.1) is 0 Å². The molecule has 0 radical (unpaired) electrons. The first kappa shape index (κ1) is 26.4. The van der Waals surface area contributed by atoms with Crippen molar-refractivity contribution in [2.75, 3.05) is 0 Å². The van der Waals surface area contributed by atoms with Gasteiger partial charge in [0, 0.05) is 6.20 Å². The van der Waals surface area contributed by atoms with Gasteiger partial charge in [-0.1, -0.05) is 110 Å². The minimum absolute atomic E-state index is 0.760. The van der Waals surface area contributed by atoms with Gasteiger partial charge in [-0.05, 0) is 129 Å². The standard InChI is InChI=1S/C42H39N/c1-28-22-25-40(43-27-28)30-14-11-15-31(26-30)41-35-18-7-9-20-37(35)42(38-21-10-8-19-36(38)41)39-24-23-32(29-12-3-2-4-13-29)33-16-5-6-17-34(33)39/h5-10,14,16-22,25-27,29H,2-4,11-13,15,23-24H2,1H3. The summed E-state index contributed by atoms with van der Waals surface area (Å²) in [5.41, 5.74) is 11.0. The molecule has 3 aliphatic rings. The number of benzene rings is 4. The van der Waals surface area contributed by atoms with Crippen molar-refractivity contribution in [2.45, 2.75) is 64.7 Å². The number of hydrogen-bond acceptors (Lipinski definition) is 1. The van der Waals surface area contributed by atoms with Crippen molar-refractivity contribution in [2.24, 2.45) is 5.92 Å². The average Bonchev–Trinajstić information content (AvgIpc) is 3.07. The molecule has 1 fully saturated rings. The van der Waals surface area contributed by atoms with Crippen LogP contribution in [-0.4, -0.2) is 4.98 Å². The molecule has 8 rings (SSSR count). The van der Waals surface area contributed by atoms with Gasteiger partial charge in [-0.2, -0.15) is 0 Å². The smallest absolute Gasteiger partial charge is 0.0699 e. The van der Waals surface area contributed by atoms with Gasteiger partial charge in [0.15, 0.2) is 0 Å². The van der Waals surface area contributed by atoms with Gasteiger partial charge in [-0.25, -0.2) is 0 Å². The molecule has 0 N–H and O–H groups in total. The first-order valence-corrected chi connectivity index (χ1v) is 16.4. The Labute approximate surface area is 255 Å². The lowest BCUT2D eigenvalue weighted by Gasteiger charge is -2.28. The maximum Gasteiger partial charge on any atom is 0.0699 e. The molecule has 0 saturated heterocycles. The van der Waals surface area contributed by atoms with Crippen molar-refractivity contribution in [3.8, 4) is 0 Å². The molecule has 0 atom stereocenters. The molecule has 3 aliphatic carbocycles. The van der Waals surface area contributed by atoms with E-state index in [0.717, 1.165) is 30.9 Å². The van der Waals surface area contributed by atoms with Crippen LogP contribution in [0.25, 0.3) is 43.8 Å². The van der Waals surface area contributed by atoms with Crippen LogP contribution < -0.4 is 10.4 Å². The quantitative estimate of drug-likeness (QED) is 0.200. The van der Waals surface area contributed by atoms with Gasteiger partial charge < -0.3 is 0 Å². The highest BCUT2D eigenvalue weighted by Crippen LogP contribution is 2.44. The highest BCUT2D eigenvalue weighted by Gasteiger charge is 2.25. The van der Waals surface area contributed by atoms with E-state index in [-0.39, 0.29) is 0 Å². The fourth-order valence-electron chi connectivity index (χ4n) is 8.21. The Morgan fingerprint density at radius 1 is 0.628 bits per heavy atom. The third kappa shape index (κ3) is 4.67. The summed E-state index contributed by atoms with van der Waals surface area (Å²) in [5, 5.41) is 8.48. The van der Waals surface area contributed by atoms with Crippen molar-refractivity contribution in [1.29, 1.82) is 0 Å². The molecule has 0 unspecified atom stereocenters. The number of allylic oxidation sites excluding steroid dienone is 4. The van der Waals surface area contributed by atoms with Crippen LogP contribution in [0.1, 0.15) is 80.2 Å². The highest BCUT2D eigenvalue weighted by molar-refractivity contribution is 6.16. The Balaban J connectivity index is 1.39. The molecule has 1 saturated carbocycles. The minimum Gasteiger partial charge on any atom is -0.256 e. The van der Waals surface area contributed by atoms with Gasteiger partial charge in [0.2, 0.25) is 0 Å². The first-order valence-electron chi connectivity index (χ1n) is 16.4. The van der Waals surface area contributed by atoms with Crippen LogP contribution in [0.5, 0.6) is 0 Å². The largest absolute Gasteiger partial charge is 0.256 e. The fraction of sp³-hybridized carbons (Fsp3) is 0.262. The number of nitrogens with zero attached hydrogens (tertiary/aromatic N) is 1. The normalized spacial score (nSPS) is 17.6. The second-order valence-corrected chi connectivity index (χ2v) is 12.8. The van der Waals surface area contributed by atoms with Gasteiger partial charge in [0.05, 0.1) is 5.69 Å². The van der Waals surface area contributed by atoms with Gasteiger partial charge >= 0.3 is 0 Å². The van der Waals surface area contributed by atoms with Crippen LogP contribution in [0.15, 0.2) is 103 Å². The molecular formula is C42H39N. The zero-order valence-corrected chi connectivity index (χ0v) is 25.2. The number of fused-ring (bicyclic) bond motifs is 3. The second kappa shape index (κ2) is 11.1. The predicted molar refractivity (Wildman–Crippen MR) is 183 cm³/mol. The molecule has 0 aliphatic heterocycles. The molecule has 1 nitrogen and oxygen atoms in total. The van der Waals surface area contributed by atoms with Crippen LogP contribution in [0.3, 0.4) is 0 Å². The van der Waals surface area contributed by atoms with E-state index in [9.17, 15) is 0 Å². The zero-order valence-electron chi connectivity index (χ0n) is 25.2. The maximum atomic E-state index is 4.77. The van der Waals surface area contributed by atoms with Crippen LogP contribution in [0.2, 0.25) is 0 Å². The lowest BCUT2D eigenvalue weighted by atomic mass is 9.76. The SMILES string of the molecule is Cc1ccc(C2=CCCC(c3c4ccccc4c(C4=c5ccccc5=C(C5CCCCC5)CC4)c4ccccc34)=C2)nc1. The molecule has 1 heterocycles. The van der Waals surface area contributed by atoms with Crippen LogP contribution in [0.4, 0.5) is 0 Å². The summed E-state index contributed by atoms with van der Waals surface area (Å²) < 4.78 is 0. The third-order valence-corrected chi connectivity index (χ3v) is 10.2. The first-order chi connectivity index (χ1) is 21.3. The Hall–Kier alpha value is -4.23. The molecular weight excluding hydrogens is 518 g/mol.